The van der Waals surface area contributed by atoms with Gasteiger partial charge in [-0.3, -0.25) is 4.72 Å². The average Bonchev–Trinajstić information content (AvgIpc) is 2.58. The average molecular weight is 351 g/mol. The Morgan fingerprint density at radius 3 is 2.58 bits per heavy atom. The quantitative estimate of drug-likeness (QED) is 0.914. The number of hydrogen-bond donors (Lipinski definition) is 1. The van der Waals surface area contributed by atoms with Crippen molar-refractivity contribution >= 4 is 21.5 Å². The van der Waals surface area contributed by atoms with Crippen LogP contribution in [0.15, 0.2) is 41.4 Å². The number of pyridine rings is 1. The molecular formula is C16H18FN3O3S. The number of aryl methyl sites for hydroxylation is 1. The minimum atomic E-state index is -3.80. The van der Waals surface area contributed by atoms with E-state index in [0.717, 1.165) is 24.8 Å². The molecule has 0 amide bonds. The van der Waals surface area contributed by atoms with Crippen LogP contribution in [0, 0.1) is 12.7 Å². The van der Waals surface area contributed by atoms with E-state index < -0.39 is 15.8 Å². The number of benzene rings is 1. The van der Waals surface area contributed by atoms with Gasteiger partial charge in [-0.05, 0) is 42.8 Å². The second kappa shape index (κ2) is 6.74. The fraction of sp³-hybridized carbons (Fsp3) is 0.312. The van der Waals surface area contributed by atoms with Crippen molar-refractivity contribution in [3.63, 3.8) is 0 Å². The molecule has 1 aromatic carbocycles. The maximum Gasteiger partial charge on any atom is 0.263 e. The maximum absolute atomic E-state index is 13.3. The van der Waals surface area contributed by atoms with Crippen molar-refractivity contribution in [2.45, 2.75) is 11.8 Å². The zero-order chi connectivity index (χ0) is 17.2. The second-order valence-corrected chi connectivity index (χ2v) is 7.20. The second-order valence-electron chi connectivity index (χ2n) is 5.52. The number of nitrogens with one attached hydrogen (secondary N) is 1. The highest BCUT2D eigenvalue weighted by molar-refractivity contribution is 7.92. The molecular weight excluding hydrogens is 333 g/mol. The fourth-order valence-electron chi connectivity index (χ4n) is 2.44. The van der Waals surface area contributed by atoms with Crippen molar-refractivity contribution in [2.24, 2.45) is 0 Å². The van der Waals surface area contributed by atoms with Gasteiger partial charge in [-0.2, -0.15) is 0 Å². The zero-order valence-corrected chi connectivity index (χ0v) is 14.0. The molecule has 1 aliphatic heterocycles. The fourth-order valence-corrected chi connectivity index (χ4v) is 3.53. The molecule has 2 aromatic rings. The predicted molar refractivity (Wildman–Crippen MR) is 89.2 cm³/mol. The molecule has 1 aliphatic rings. The highest BCUT2D eigenvalue weighted by Gasteiger charge is 2.17. The van der Waals surface area contributed by atoms with E-state index in [2.05, 4.69) is 14.6 Å². The smallest absolute Gasteiger partial charge is 0.263 e. The Balaban J connectivity index is 1.76. The van der Waals surface area contributed by atoms with Crippen LogP contribution in [-0.4, -0.2) is 39.7 Å². The molecule has 8 heteroatoms. The van der Waals surface area contributed by atoms with Crippen LogP contribution in [0.1, 0.15) is 5.56 Å². The van der Waals surface area contributed by atoms with Crippen molar-refractivity contribution in [1.29, 1.82) is 0 Å². The van der Waals surface area contributed by atoms with Crippen LogP contribution in [0.3, 0.4) is 0 Å². The van der Waals surface area contributed by atoms with Gasteiger partial charge in [0.05, 0.1) is 30.0 Å². The first-order valence-corrected chi connectivity index (χ1v) is 9.02. The first-order chi connectivity index (χ1) is 11.5. The lowest BCUT2D eigenvalue weighted by Crippen LogP contribution is -2.36. The Hall–Kier alpha value is -2.19. The molecule has 0 radical (unpaired) electrons. The largest absolute Gasteiger partial charge is 0.378 e. The Labute approximate surface area is 140 Å². The van der Waals surface area contributed by atoms with E-state index in [1.54, 1.807) is 12.3 Å². The van der Waals surface area contributed by atoms with Crippen LogP contribution in [0.2, 0.25) is 0 Å². The van der Waals surface area contributed by atoms with Gasteiger partial charge >= 0.3 is 0 Å². The molecule has 0 saturated carbocycles. The Kier molecular flexibility index (Phi) is 4.68. The molecule has 6 nitrogen and oxygen atoms in total. The summed E-state index contributed by atoms with van der Waals surface area (Å²) in [5, 5.41) is 0. The van der Waals surface area contributed by atoms with Gasteiger partial charge in [-0.25, -0.2) is 17.8 Å². The van der Waals surface area contributed by atoms with Gasteiger partial charge in [-0.1, -0.05) is 0 Å². The Bertz CT molecular complexity index is 819. The van der Waals surface area contributed by atoms with Crippen molar-refractivity contribution in [2.75, 3.05) is 35.9 Å². The number of aromatic nitrogens is 1. The molecule has 1 saturated heterocycles. The van der Waals surface area contributed by atoms with E-state index in [1.165, 1.54) is 19.1 Å². The molecule has 3 rings (SSSR count). The minimum absolute atomic E-state index is 0.000422. The summed E-state index contributed by atoms with van der Waals surface area (Å²) in [6.07, 6.45) is 1.62. The molecule has 0 bridgehead atoms. The lowest BCUT2D eigenvalue weighted by Gasteiger charge is -2.28. The van der Waals surface area contributed by atoms with Crippen molar-refractivity contribution in [3.05, 3.63) is 47.9 Å². The van der Waals surface area contributed by atoms with Crippen LogP contribution >= 0.6 is 0 Å². The molecule has 1 fully saturated rings. The normalized spacial score (nSPS) is 15.3. The molecule has 1 N–H and O–H groups in total. The molecule has 2 heterocycles. The lowest BCUT2D eigenvalue weighted by atomic mass is 10.2. The highest BCUT2D eigenvalue weighted by Crippen LogP contribution is 2.20. The van der Waals surface area contributed by atoms with E-state index in [1.807, 2.05) is 6.07 Å². The minimum Gasteiger partial charge on any atom is -0.378 e. The summed E-state index contributed by atoms with van der Waals surface area (Å²) < 4.78 is 45.7. The van der Waals surface area contributed by atoms with E-state index >= 15 is 0 Å². The molecule has 0 unspecified atom stereocenters. The summed E-state index contributed by atoms with van der Waals surface area (Å²) in [5.41, 5.74) is 1.19. The SMILES string of the molecule is Cc1cc(S(=O)(=O)Nc2ccc(N3CCOCC3)cn2)ccc1F. The third kappa shape index (κ3) is 3.65. The van der Waals surface area contributed by atoms with Crippen molar-refractivity contribution in [1.82, 2.24) is 4.98 Å². The van der Waals surface area contributed by atoms with Crippen molar-refractivity contribution in [3.8, 4) is 0 Å². The molecule has 1 aromatic heterocycles. The van der Waals surface area contributed by atoms with Crippen LogP contribution < -0.4 is 9.62 Å². The predicted octanol–water partition coefficient (Wildman–Crippen LogP) is 2.17. The van der Waals surface area contributed by atoms with Crippen LogP contribution in [0.4, 0.5) is 15.9 Å². The monoisotopic (exact) mass is 351 g/mol. The number of anilines is 2. The molecule has 0 aliphatic carbocycles. The number of nitrogens with zero attached hydrogens (tertiary/aromatic N) is 2. The van der Waals surface area contributed by atoms with Gasteiger partial charge in [0.25, 0.3) is 10.0 Å². The van der Waals surface area contributed by atoms with Gasteiger partial charge in [0.15, 0.2) is 0 Å². The standard InChI is InChI=1S/C16H18FN3O3S/c1-12-10-14(3-4-15(12)17)24(21,22)19-16-5-2-13(11-18-16)20-6-8-23-9-7-20/h2-5,10-11H,6-9H2,1H3,(H,18,19). The lowest BCUT2D eigenvalue weighted by molar-refractivity contribution is 0.122. The van der Waals surface area contributed by atoms with E-state index in [4.69, 9.17) is 4.74 Å². The van der Waals surface area contributed by atoms with E-state index in [-0.39, 0.29) is 16.3 Å². The molecule has 128 valence electrons. The van der Waals surface area contributed by atoms with Crippen LogP contribution in [0.25, 0.3) is 0 Å². The van der Waals surface area contributed by atoms with Gasteiger partial charge in [0.2, 0.25) is 0 Å². The summed E-state index contributed by atoms with van der Waals surface area (Å²) in [5.74, 6) is -0.226. The molecule has 24 heavy (non-hydrogen) atoms. The summed E-state index contributed by atoms with van der Waals surface area (Å²) in [7, 11) is -3.80. The number of ether oxygens (including phenoxy) is 1. The first-order valence-electron chi connectivity index (χ1n) is 7.53. The van der Waals surface area contributed by atoms with Crippen LogP contribution in [-0.2, 0) is 14.8 Å². The van der Waals surface area contributed by atoms with Crippen LogP contribution in [0.5, 0.6) is 0 Å². The third-order valence-electron chi connectivity index (χ3n) is 3.80. The van der Waals surface area contributed by atoms with E-state index in [9.17, 15) is 12.8 Å². The Morgan fingerprint density at radius 1 is 1.21 bits per heavy atom. The number of rotatable bonds is 4. The summed E-state index contributed by atoms with van der Waals surface area (Å²) >= 11 is 0. The van der Waals surface area contributed by atoms with Gasteiger partial charge in [-0.15, -0.1) is 0 Å². The highest BCUT2D eigenvalue weighted by atomic mass is 32.2. The van der Waals surface area contributed by atoms with Gasteiger partial charge < -0.3 is 9.64 Å². The van der Waals surface area contributed by atoms with Gasteiger partial charge in [0.1, 0.15) is 11.6 Å². The first kappa shape index (κ1) is 16.7. The van der Waals surface area contributed by atoms with Gasteiger partial charge in [0, 0.05) is 13.1 Å². The topological polar surface area (TPSA) is 71.5 Å². The van der Waals surface area contributed by atoms with Crippen molar-refractivity contribution < 1.29 is 17.5 Å². The zero-order valence-electron chi connectivity index (χ0n) is 13.2. The Morgan fingerprint density at radius 2 is 1.96 bits per heavy atom. The number of sulfonamides is 1. The van der Waals surface area contributed by atoms with E-state index in [0.29, 0.717) is 13.2 Å². The number of morpholine rings is 1. The molecule has 0 spiro atoms. The number of hydrogen-bond acceptors (Lipinski definition) is 5. The molecule has 0 atom stereocenters. The summed E-state index contributed by atoms with van der Waals surface area (Å²) in [6.45, 7) is 4.41. The number of halogens is 1. The summed E-state index contributed by atoms with van der Waals surface area (Å²) in [6, 6.07) is 7.08. The third-order valence-corrected chi connectivity index (χ3v) is 5.16. The summed E-state index contributed by atoms with van der Waals surface area (Å²) in [4.78, 5) is 6.28. The maximum atomic E-state index is 13.3.